The SMILES string of the molecule is C=CCCC(=O)N[C@H](C)[C@@H](OC(=O)[C@H]1[C@@H]2O[C@@]3(CC2Br)[C@@H]1C(=O)N([C@H](CO)c1ccccc1)[C@@H]3C(=O)N(CC=C)c1ccccc1Cl)c1ccccc1. The van der Waals surface area contributed by atoms with Gasteiger partial charge in [-0.2, -0.15) is 0 Å². The molecule has 3 fully saturated rings. The summed E-state index contributed by atoms with van der Waals surface area (Å²) >= 11 is 10.4. The molecule has 9 atom stereocenters. The molecular weight excluding hydrogens is 762 g/mol. The summed E-state index contributed by atoms with van der Waals surface area (Å²) in [5.41, 5.74) is 0.218. The van der Waals surface area contributed by atoms with Gasteiger partial charge in [0.1, 0.15) is 17.7 Å². The number of esters is 1. The third-order valence-electron chi connectivity index (χ3n) is 10.4. The van der Waals surface area contributed by atoms with Gasteiger partial charge < -0.3 is 29.7 Å². The molecule has 3 aliphatic heterocycles. The summed E-state index contributed by atoms with van der Waals surface area (Å²) in [6, 6.07) is 22.1. The minimum atomic E-state index is -1.47. The number of carbonyl (C=O) groups excluding carboxylic acids is 4. The number of carbonyl (C=O) groups is 4. The van der Waals surface area contributed by atoms with Crippen LogP contribution in [0.4, 0.5) is 5.69 Å². The van der Waals surface area contributed by atoms with Crippen LogP contribution in [0.5, 0.6) is 0 Å². The average molecular weight is 805 g/mol. The van der Waals surface area contributed by atoms with E-state index in [0.29, 0.717) is 28.3 Å². The highest BCUT2D eigenvalue weighted by atomic mass is 79.9. The Balaban J connectivity index is 1.42. The van der Waals surface area contributed by atoms with Crippen molar-refractivity contribution >= 4 is 56.9 Å². The van der Waals surface area contributed by atoms with Crippen LogP contribution in [0.2, 0.25) is 5.02 Å². The minimum absolute atomic E-state index is 0.0682. The highest BCUT2D eigenvalue weighted by Gasteiger charge is 2.78. The number of ether oxygens (including phenoxy) is 2. The Kier molecular flexibility index (Phi) is 11.9. The van der Waals surface area contributed by atoms with Crippen molar-refractivity contribution in [2.45, 2.75) is 66.9 Å². The predicted molar refractivity (Wildman–Crippen MR) is 205 cm³/mol. The number of hydrogen-bond acceptors (Lipinski definition) is 7. The summed E-state index contributed by atoms with van der Waals surface area (Å²) < 4.78 is 13.1. The van der Waals surface area contributed by atoms with Crippen molar-refractivity contribution in [3.8, 4) is 0 Å². The molecule has 6 rings (SSSR count). The first kappa shape index (κ1) is 38.4. The predicted octanol–water partition coefficient (Wildman–Crippen LogP) is 6.10. The van der Waals surface area contributed by atoms with Crippen LogP contribution < -0.4 is 10.2 Å². The number of para-hydroxylation sites is 1. The van der Waals surface area contributed by atoms with E-state index in [9.17, 15) is 14.7 Å². The Labute approximate surface area is 322 Å². The topological polar surface area (TPSA) is 125 Å². The van der Waals surface area contributed by atoms with Crippen LogP contribution in [-0.4, -0.2) is 75.5 Å². The van der Waals surface area contributed by atoms with E-state index < -0.39 is 77.0 Å². The summed E-state index contributed by atoms with van der Waals surface area (Å²) in [4.78, 5) is 60.0. The quantitative estimate of drug-likeness (QED) is 0.108. The molecule has 0 saturated carbocycles. The van der Waals surface area contributed by atoms with Crippen molar-refractivity contribution in [3.05, 3.63) is 126 Å². The molecule has 1 unspecified atom stereocenters. The first-order chi connectivity index (χ1) is 25.6. The third-order valence-corrected chi connectivity index (χ3v) is 11.6. The second kappa shape index (κ2) is 16.4. The Morgan fingerprint density at radius 2 is 1.70 bits per heavy atom. The van der Waals surface area contributed by atoms with Crippen LogP contribution in [0.15, 0.2) is 110 Å². The van der Waals surface area contributed by atoms with Gasteiger partial charge in [-0.15, -0.1) is 13.2 Å². The number of nitrogens with one attached hydrogen (secondary N) is 1. The zero-order chi connectivity index (χ0) is 37.9. The van der Waals surface area contributed by atoms with Gasteiger partial charge in [-0.05, 0) is 43.0 Å². The number of hydrogen-bond donors (Lipinski definition) is 2. The summed E-state index contributed by atoms with van der Waals surface area (Å²) in [7, 11) is 0. The number of rotatable bonds is 15. The fourth-order valence-electron chi connectivity index (χ4n) is 8.18. The summed E-state index contributed by atoms with van der Waals surface area (Å²) in [6.45, 7) is 8.88. The molecule has 3 amide bonds. The van der Waals surface area contributed by atoms with E-state index in [1.54, 1.807) is 67.6 Å². The molecule has 3 saturated heterocycles. The molecule has 12 heteroatoms. The average Bonchev–Trinajstić information content (AvgIpc) is 3.76. The van der Waals surface area contributed by atoms with Crippen LogP contribution in [0.3, 0.4) is 0 Å². The first-order valence-corrected chi connectivity index (χ1v) is 19.0. The monoisotopic (exact) mass is 803 g/mol. The van der Waals surface area contributed by atoms with E-state index in [0.717, 1.165) is 0 Å². The van der Waals surface area contributed by atoms with Gasteiger partial charge >= 0.3 is 5.97 Å². The van der Waals surface area contributed by atoms with Crippen LogP contribution in [0.25, 0.3) is 0 Å². The normalized spacial score (nSPS) is 25.9. The van der Waals surface area contributed by atoms with E-state index in [4.69, 9.17) is 21.1 Å². The molecule has 3 aliphatic rings. The van der Waals surface area contributed by atoms with E-state index in [1.807, 2.05) is 36.4 Å². The largest absolute Gasteiger partial charge is 0.455 e. The molecule has 2 bridgehead atoms. The van der Waals surface area contributed by atoms with Gasteiger partial charge in [-0.25, -0.2) is 0 Å². The summed E-state index contributed by atoms with van der Waals surface area (Å²) in [5.74, 6) is -4.14. The Morgan fingerprint density at radius 3 is 2.32 bits per heavy atom. The van der Waals surface area contributed by atoms with Crippen LogP contribution >= 0.6 is 27.5 Å². The van der Waals surface area contributed by atoms with E-state index in [-0.39, 0.29) is 25.3 Å². The van der Waals surface area contributed by atoms with E-state index >= 15 is 9.59 Å². The lowest BCUT2D eigenvalue weighted by molar-refractivity contribution is -0.162. The molecule has 3 aromatic carbocycles. The molecule has 0 aliphatic carbocycles. The molecule has 0 radical (unpaired) electrons. The number of likely N-dealkylation sites (tertiary alicyclic amines) is 1. The molecule has 53 heavy (non-hydrogen) atoms. The van der Waals surface area contributed by atoms with Crippen LogP contribution in [0, 0.1) is 11.8 Å². The Hall–Kier alpha value is -4.29. The second-order valence-electron chi connectivity index (χ2n) is 13.7. The lowest BCUT2D eigenvalue weighted by Crippen LogP contribution is -2.57. The number of benzene rings is 3. The summed E-state index contributed by atoms with van der Waals surface area (Å²) in [6.07, 6.45) is 2.47. The van der Waals surface area contributed by atoms with Gasteiger partial charge in [0.25, 0.3) is 5.91 Å². The van der Waals surface area contributed by atoms with Crippen molar-refractivity contribution in [2.75, 3.05) is 18.1 Å². The van der Waals surface area contributed by atoms with E-state index in [1.165, 1.54) is 9.80 Å². The van der Waals surface area contributed by atoms with Gasteiger partial charge in [0, 0.05) is 17.8 Å². The molecule has 3 heterocycles. The third kappa shape index (κ3) is 7.19. The molecular formula is C41H43BrClN3O7. The number of amides is 3. The smallest absolute Gasteiger partial charge is 0.313 e. The van der Waals surface area contributed by atoms with Gasteiger partial charge in [-0.1, -0.05) is 112 Å². The van der Waals surface area contributed by atoms with Crippen LogP contribution in [0.1, 0.15) is 49.5 Å². The zero-order valence-electron chi connectivity index (χ0n) is 29.4. The van der Waals surface area contributed by atoms with Gasteiger partial charge in [0.2, 0.25) is 11.8 Å². The van der Waals surface area contributed by atoms with Gasteiger partial charge in [0.15, 0.2) is 0 Å². The number of allylic oxidation sites excluding steroid dienone is 1. The Morgan fingerprint density at radius 1 is 1.06 bits per heavy atom. The standard InChI is InChI=1S/C41H43BrClN3O7/c1-4-6-21-32(48)44-25(3)35(27-17-11-8-12-18-27)52-40(51)33-34-38(49)46(31(24-47)26-15-9-7-10-16-26)37(41(34)23-28(42)36(33)53-41)39(50)45(22-5-2)30-20-14-13-19-29(30)43/h4-5,7-20,25,28,31,33-37,47H,1-2,6,21-24H2,3H3,(H,44,48)/t25-,28?,31-,33-,34+,35-,36-,37-,41+/m1/s1. The number of anilines is 1. The van der Waals surface area contributed by atoms with Gasteiger partial charge in [-0.3, -0.25) is 19.2 Å². The number of nitrogens with zero attached hydrogens (tertiary/aromatic N) is 2. The number of aliphatic hydroxyl groups is 1. The number of fused-ring (bicyclic) bond motifs is 1. The minimum Gasteiger partial charge on any atom is -0.455 e. The lowest BCUT2D eigenvalue weighted by atomic mass is 9.70. The van der Waals surface area contributed by atoms with Crippen molar-refractivity contribution in [1.29, 1.82) is 0 Å². The molecule has 0 aromatic heterocycles. The fourth-order valence-corrected chi connectivity index (χ4v) is 9.36. The van der Waals surface area contributed by atoms with Crippen molar-refractivity contribution in [3.63, 3.8) is 0 Å². The molecule has 10 nitrogen and oxygen atoms in total. The lowest BCUT2D eigenvalue weighted by Gasteiger charge is -2.39. The highest BCUT2D eigenvalue weighted by Crippen LogP contribution is 2.62. The van der Waals surface area contributed by atoms with Crippen molar-refractivity contribution in [1.82, 2.24) is 10.2 Å². The molecule has 1 spiro atoms. The molecule has 2 N–H and O–H groups in total. The first-order valence-electron chi connectivity index (χ1n) is 17.7. The highest BCUT2D eigenvalue weighted by molar-refractivity contribution is 9.09. The molecule has 278 valence electrons. The maximum absolute atomic E-state index is 15.1. The van der Waals surface area contributed by atoms with E-state index in [2.05, 4.69) is 34.4 Å². The van der Waals surface area contributed by atoms with Crippen LogP contribution in [-0.2, 0) is 28.7 Å². The van der Waals surface area contributed by atoms with Crippen molar-refractivity contribution in [2.24, 2.45) is 11.8 Å². The summed E-state index contributed by atoms with van der Waals surface area (Å²) in [5, 5.41) is 14.2. The maximum Gasteiger partial charge on any atom is 0.313 e. The number of halogens is 2. The Bertz CT molecular complexity index is 1850. The second-order valence-corrected chi connectivity index (χ2v) is 15.2. The molecule has 3 aromatic rings. The number of aliphatic hydroxyl groups excluding tert-OH is 1. The van der Waals surface area contributed by atoms with Gasteiger partial charge in [0.05, 0.1) is 47.3 Å². The fraction of sp³-hybridized carbons (Fsp3) is 0.366. The maximum atomic E-state index is 15.1. The van der Waals surface area contributed by atoms with Crippen molar-refractivity contribution < 1.29 is 33.8 Å². The number of alkyl halides is 1. The zero-order valence-corrected chi connectivity index (χ0v) is 31.7.